The summed E-state index contributed by atoms with van der Waals surface area (Å²) >= 11 is 0. The van der Waals surface area contributed by atoms with E-state index in [-0.39, 0.29) is 0 Å². The third kappa shape index (κ3) is 2.52. The molecule has 0 radical (unpaired) electrons. The average Bonchev–Trinajstić information content (AvgIpc) is 2.68. The molecule has 1 N–H and O–H groups in total. The van der Waals surface area contributed by atoms with E-state index >= 15 is 0 Å². The molecule has 2 aromatic rings. The van der Waals surface area contributed by atoms with Gasteiger partial charge in [-0.05, 0) is 13.8 Å². The molecule has 0 aliphatic heterocycles. The standard InChI is InChI=1S/C13H20N6O/c1-8-7-14-13(16-11(8)18(3)4)15-10-9(2)19(5)17-12(10)20-6/h7H,1-6H3,(H,14,15,16). The minimum atomic E-state index is 0.522. The molecular weight excluding hydrogens is 256 g/mol. The highest BCUT2D eigenvalue weighted by Crippen LogP contribution is 2.29. The molecule has 0 bridgehead atoms. The minimum Gasteiger partial charge on any atom is -0.478 e. The first-order valence-corrected chi connectivity index (χ1v) is 6.29. The highest BCUT2D eigenvalue weighted by Gasteiger charge is 2.15. The summed E-state index contributed by atoms with van der Waals surface area (Å²) in [7, 11) is 7.36. The molecule has 0 aliphatic rings. The molecule has 20 heavy (non-hydrogen) atoms. The zero-order valence-corrected chi connectivity index (χ0v) is 12.7. The fourth-order valence-corrected chi connectivity index (χ4v) is 1.92. The number of nitrogens with zero attached hydrogens (tertiary/aromatic N) is 5. The van der Waals surface area contributed by atoms with Crippen LogP contribution in [0.1, 0.15) is 11.3 Å². The van der Waals surface area contributed by atoms with Gasteiger partial charge in [-0.2, -0.15) is 4.98 Å². The second-order valence-corrected chi connectivity index (χ2v) is 4.81. The summed E-state index contributed by atoms with van der Waals surface area (Å²) in [5, 5.41) is 7.44. The van der Waals surface area contributed by atoms with Gasteiger partial charge >= 0.3 is 0 Å². The second-order valence-electron chi connectivity index (χ2n) is 4.81. The van der Waals surface area contributed by atoms with Crippen LogP contribution >= 0.6 is 0 Å². The van der Waals surface area contributed by atoms with Gasteiger partial charge in [0.2, 0.25) is 5.95 Å². The zero-order chi connectivity index (χ0) is 14.9. The molecule has 7 heteroatoms. The van der Waals surface area contributed by atoms with Crippen LogP contribution in [0, 0.1) is 13.8 Å². The predicted octanol–water partition coefficient (Wildman–Crippen LogP) is 1.65. The normalized spacial score (nSPS) is 10.5. The molecule has 0 saturated heterocycles. The molecule has 0 unspecified atom stereocenters. The Balaban J connectivity index is 2.38. The Kier molecular flexibility index (Phi) is 3.78. The molecule has 0 amide bonds. The van der Waals surface area contributed by atoms with Crippen molar-refractivity contribution in [1.82, 2.24) is 19.7 Å². The summed E-state index contributed by atoms with van der Waals surface area (Å²) < 4.78 is 7.01. The van der Waals surface area contributed by atoms with Crippen molar-refractivity contribution in [3.05, 3.63) is 17.5 Å². The molecule has 2 aromatic heterocycles. The van der Waals surface area contributed by atoms with Crippen LogP contribution in [-0.2, 0) is 7.05 Å². The molecule has 0 aliphatic carbocycles. The van der Waals surface area contributed by atoms with Crippen molar-refractivity contribution in [2.45, 2.75) is 13.8 Å². The number of hydrogen-bond acceptors (Lipinski definition) is 6. The highest BCUT2D eigenvalue weighted by atomic mass is 16.5. The van der Waals surface area contributed by atoms with Crippen LogP contribution in [0.15, 0.2) is 6.20 Å². The van der Waals surface area contributed by atoms with Crippen molar-refractivity contribution in [3.8, 4) is 5.88 Å². The van der Waals surface area contributed by atoms with Crippen LogP contribution in [0.3, 0.4) is 0 Å². The Morgan fingerprint density at radius 1 is 1.30 bits per heavy atom. The molecule has 2 rings (SSSR count). The van der Waals surface area contributed by atoms with Gasteiger partial charge in [0.15, 0.2) is 0 Å². The van der Waals surface area contributed by atoms with Gasteiger partial charge in [-0.1, -0.05) is 0 Å². The number of ether oxygens (including phenoxy) is 1. The first kappa shape index (κ1) is 14.1. The molecule has 2 heterocycles. The van der Waals surface area contributed by atoms with Crippen LogP contribution in [0.4, 0.5) is 17.5 Å². The van der Waals surface area contributed by atoms with Crippen molar-refractivity contribution in [3.63, 3.8) is 0 Å². The first-order chi connectivity index (χ1) is 9.43. The lowest BCUT2D eigenvalue weighted by Crippen LogP contribution is -2.14. The van der Waals surface area contributed by atoms with Crippen molar-refractivity contribution < 1.29 is 4.74 Å². The maximum atomic E-state index is 5.26. The lowest BCUT2D eigenvalue weighted by Gasteiger charge is -2.15. The van der Waals surface area contributed by atoms with Crippen molar-refractivity contribution in [2.75, 3.05) is 31.4 Å². The van der Waals surface area contributed by atoms with E-state index in [1.54, 1.807) is 18.0 Å². The predicted molar refractivity (Wildman–Crippen MR) is 78.9 cm³/mol. The SMILES string of the molecule is COc1nn(C)c(C)c1Nc1ncc(C)c(N(C)C)n1. The Labute approximate surface area is 118 Å². The number of hydrogen-bond donors (Lipinski definition) is 1. The van der Waals surface area contributed by atoms with Crippen molar-refractivity contribution >= 4 is 17.5 Å². The van der Waals surface area contributed by atoms with E-state index < -0.39 is 0 Å². The summed E-state index contributed by atoms with van der Waals surface area (Å²) in [6.45, 7) is 3.94. The van der Waals surface area contributed by atoms with Gasteiger partial charge in [-0.3, -0.25) is 4.68 Å². The van der Waals surface area contributed by atoms with E-state index in [9.17, 15) is 0 Å². The van der Waals surface area contributed by atoms with Crippen LogP contribution in [-0.4, -0.2) is 41.0 Å². The lowest BCUT2D eigenvalue weighted by atomic mass is 10.3. The molecule has 0 aromatic carbocycles. The highest BCUT2D eigenvalue weighted by molar-refractivity contribution is 5.64. The molecule has 0 saturated carbocycles. The van der Waals surface area contributed by atoms with E-state index in [0.29, 0.717) is 11.8 Å². The van der Waals surface area contributed by atoms with Crippen LogP contribution in [0.2, 0.25) is 0 Å². The van der Waals surface area contributed by atoms with Crippen molar-refractivity contribution in [1.29, 1.82) is 0 Å². The summed E-state index contributed by atoms with van der Waals surface area (Å²) in [4.78, 5) is 10.8. The molecular formula is C13H20N6O. The Morgan fingerprint density at radius 2 is 2.00 bits per heavy atom. The Morgan fingerprint density at radius 3 is 2.60 bits per heavy atom. The van der Waals surface area contributed by atoms with Crippen molar-refractivity contribution in [2.24, 2.45) is 7.05 Å². The summed E-state index contributed by atoms with van der Waals surface area (Å²) in [6, 6.07) is 0. The lowest BCUT2D eigenvalue weighted by molar-refractivity contribution is 0.393. The average molecular weight is 276 g/mol. The Hall–Kier alpha value is -2.31. The fourth-order valence-electron chi connectivity index (χ4n) is 1.92. The second kappa shape index (κ2) is 5.36. The van der Waals surface area contributed by atoms with Gasteiger partial charge in [-0.15, -0.1) is 5.10 Å². The van der Waals surface area contributed by atoms with Gasteiger partial charge in [-0.25, -0.2) is 4.98 Å². The minimum absolute atomic E-state index is 0.522. The van der Waals surface area contributed by atoms with E-state index in [4.69, 9.17) is 4.74 Å². The smallest absolute Gasteiger partial charge is 0.256 e. The monoisotopic (exact) mass is 276 g/mol. The topological polar surface area (TPSA) is 68.1 Å². The molecule has 7 nitrogen and oxygen atoms in total. The maximum absolute atomic E-state index is 5.26. The van der Waals surface area contributed by atoms with E-state index in [1.165, 1.54) is 0 Å². The third-order valence-corrected chi connectivity index (χ3v) is 3.10. The van der Waals surface area contributed by atoms with Gasteiger partial charge in [0.25, 0.3) is 5.88 Å². The number of anilines is 3. The Bertz CT molecular complexity index is 620. The summed E-state index contributed by atoms with van der Waals surface area (Å²) in [5.74, 6) is 1.93. The number of methoxy groups -OCH3 is 1. The quantitative estimate of drug-likeness (QED) is 0.915. The number of nitrogens with one attached hydrogen (secondary N) is 1. The summed E-state index contributed by atoms with van der Waals surface area (Å²) in [6.07, 6.45) is 1.79. The molecule has 108 valence electrons. The number of rotatable bonds is 4. The van der Waals surface area contributed by atoms with Crippen LogP contribution < -0.4 is 15.0 Å². The first-order valence-electron chi connectivity index (χ1n) is 6.29. The van der Waals surface area contributed by atoms with Gasteiger partial charge in [0.1, 0.15) is 11.5 Å². The molecule has 0 atom stereocenters. The fraction of sp³-hybridized carbons (Fsp3) is 0.462. The number of aromatic nitrogens is 4. The zero-order valence-electron chi connectivity index (χ0n) is 12.7. The van der Waals surface area contributed by atoms with E-state index in [1.807, 2.05) is 39.9 Å². The van der Waals surface area contributed by atoms with Crippen LogP contribution in [0.5, 0.6) is 5.88 Å². The van der Waals surface area contributed by atoms with Gasteiger partial charge in [0, 0.05) is 32.9 Å². The van der Waals surface area contributed by atoms with Gasteiger partial charge < -0.3 is 15.0 Å². The van der Waals surface area contributed by atoms with E-state index in [2.05, 4.69) is 20.4 Å². The molecule has 0 spiro atoms. The molecule has 0 fully saturated rings. The number of aryl methyl sites for hydroxylation is 2. The third-order valence-electron chi connectivity index (χ3n) is 3.10. The van der Waals surface area contributed by atoms with Gasteiger partial charge in [0.05, 0.1) is 12.8 Å². The van der Waals surface area contributed by atoms with Crippen LogP contribution in [0.25, 0.3) is 0 Å². The maximum Gasteiger partial charge on any atom is 0.256 e. The summed E-state index contributed by atoms with van der Waals surface area (Å²) in [5.41, 5.74) is 2.76. The largest absolute Gasteiger partial charge is 0.478 e. The van der Waals surface area contributed by atoms with E-state index in [0.717, 1.165) is 22.8 Å².